The molecular formula is C56H36N2O. The molecule has 0 radical (unpaired) electrons. The molecule has 0 spiro atoms. The first-order valence-electron chi connectivity index (χ1n) is 20.2. The van der Waals surface area contributed by atoms with Gasteiger partial charge in [0.05, 0.1) is 22.4 Å². The lowest BCUT2D eigenvalue weighted by atomic mass is 9.97. The lowest BCUT2D eigenvalue weighted by Gasteiger charge is -2.28. The summed E-state index contributed by atoms with van der Waals surface area (Å²) in [6.45, 7) is 0. The number of para-hydroxylation sites is 5. The van der Waals surface area contributed by atoms with Gasteiger partial charge in [-0.25, -0.2) is 0 Å². The normalized spacial score (nSPS) is 11.7. The minimum atomic E-state index is 0.897. The van der Waals surface area contributed by atoms with E-state index in [2.05, 4.69) is 222 Å². The molecule has 0 unspecified atom stereocenters. The van der Waals surface area contributed by atoms with Crippen molar-refractivity contribution in [1.82, 2.24) is 4.57 Å². The first kappa shape index (κ1) is 33.3. The van der Waals surface area contributed by atoms with E-state index in [1.54, 1.807) is 0 Å². The van der Waals surface area contributed by atoms with E-state index in [1.165, 1.54) is 43.4 Å². The monoisotopic (exact) mass is 752 g/mol. The molecular weight excluding hydrogens is 717 g/mol. The molecule has 0 amide bonds. The third-order valence-corrected chi connectivity index (χ3v) is 11.9. The Kier molecular flexibility index (Phi) is 7.54. The molecule has 3 heteroatoms. The fourth-order valence-electron chi connectivity index (χ4n) is 9.35. The van der Waals surface area contributed by atoms with Crippen molar-refractivity contribution in [1.29, 1.82) is 0 Å². The zero-order chi connectivity index (χ0) is 38.9. The zero-order valence-electron chi connectivity index (χ0n) is 32.1. The lowest BCUT2D eigenvalue weighted by Crippen LogP contribution is -2.11. The smallest absolute Gasteiger partial charge is 0.143 e. The number of nitrogens with zero attached hydrogens (tertiary/aromatic N) is 2. The van der Waals surface area contributed by atoms with Gasteiger partial charge in [0.1, 0.15) is 11.2 Å². The van der Waals surface area contributed by atoms with Crippen molar-refractivity contribution in [3.63, 3.8) is 0 Å². The Morgan fingerprint density at radius 2 is 0.915 bits per heavy atom. The number of hydrogen-bond donors (Lipinski definition) is 0. The van der Waals surface area contributed by atoms with Crippen LogP contribution in [0.3, 0.4) is 0 Å². The molecule has 0 atom stereocenters. The Labute approximate surface area is 341 Å². The Morgan fingerprint density at radius 1 is 0.373 bits per heavy atom. The van der Waals surface area contributed by atoms with Crippen molar-refractivity contribution in [2.45, 2.75) is 0 Å². The first-order chi connectivity index (χ1) is 29.3. The van der Waals surface area contributed by atoms with Gasteiger partial charge in [0, 0.05) is 49.4 Å². The maximum absolute atomic E-state index is 6.56. The van der Waals surface area contributed by atoms with Crippen LogP contribution in [-0.4, -0.2) is 4.57 Å². The molecule has 0 fully saturated rings. The van der Waals surface area contributed by atoms with Gasteiger partial charge < -0.3 is 13.9 Å². The summed E-state index contributed by atoms with van der Waals surface area (Å²) in [5.41, 5.74) is 13.0. The fraction of sp³-hybridized carbons (Fsp3) is 0. The number of benzene rings is 10. The highest BCUT2D eigenvalue weighted by molar-refractivity contribution is 6.16. The minimum Gasteiger partial charge on any atom is -0.455 e. The van der Waals surface area contributed by atoms with Crippen LogP contribution in [-0.2, 0) is 0 Å². The van der Waals surface area contributed by atoms with Gasteiger partial charge in [-0.15, -0.1) is 0 Å². The van der Waals surface area contributed by atoms with Crippen LogP contribution in [0.1, 0.15) is 0 Å². The molecule has 10 aromatic carbocycles. The summed E-state index contributed by atoms with van der Waals surface area (Å²) in [4.78, 5) is 2.43. The van der Waals surface area contributed by atoms with Gasteiger partial charge in [0.25, 0.3) is 0 Å². The second-order valence-corrected chi connectivity index (χ2v) is 15.3. The Bertz CT molecular complexity index is 3540. The van der Waals surface area contributed by atoms with Crippen molar-refractivity contribution in [3.05, 3.63) is 218 Å². The molecule has 0 aliphatic heterocycles. The Balaban J connectivity index is 1.09. The van der Waals surface area contributed by atoms with Gasteiger partial charge in [-0.3, -0.25) is 0 Å². The number of rotatable bonds is 6. The summed E-state index contributed by atoms with van der Waals surface area (Å²) < 4.78 is 8.98. The highest BCUT2D eigenvalue weighted by Crippen LogP contribution is 2.45. The molecule has 0 aliphatic rings. The molecule has 0 aliphatic carbocycles. The Morgan fingerprint density at radius 3 is 1.69 bits per heavy atom. The minimum absolute atomic E-state index is 0.897. The highest BCUT2D eigenvalue weighted by atomic mass is 16.3. The number of furan rings is 1. The maximum Gasteiger partial charge on any atom is 0.143 e. The Hall–Kier alpha value is -7.88. The van der Waals surface area contributed by atoms with E-state index >= 15 is 0 Å². The largest absolute Gasteiger partial charge is 0.455 e. The van der Waals surface area contributed by atoms with Crippen LogP contribution in [0.15, 0.2) is 223 Å². The predicted molar refractivity (Wildman–Crippen MR) is 249 cm³/mol. The van der Waals surface area contributed by atoms with Crippen LogP contribution in [0.25, 0.3) is 93.2 Å². The summed E-state index contributed by atoms with van der Waals surface area (Å²) >= 11 is 0. The number of aromatic nitrogens is 1. The molecule has 12 rings (SSSR count). The number of hydrogen-bond acceptors (Lipinski definition) is 2. The van der Waals surface area contributed by atoms with Crippen LogP contribution in [0.5, 0.6) is 0 Å². The molecule has 0 bridgehead atoms. The van der Waals surface area contributed by atoms with Gasteiger partial charge >= 0.3 is 0 Å². The van der Waals surface area contributed by atoms with Crippen LogP contribution in [0, 0.1) is 0 Å². The first-order valence-corrected chi connectivity index (χ1v) is 20.2. The SMILES string of the molecule is c1cc(-c2ccccc2-n2c3ccccc3c3ccccc32)cc(N(c2cccc(-c3cccc4c3oc3ccccc34)c2)c2cccc3ccc4ccccc4c23)c1. The molecule has 0 saturated heterocycles. The second-order valence-electron chi connectivity index (χ2n) is 15.3. The molecule has 0 N–H and O–H groups in total. The van der Waals surface area contributed by atoms with Crippen molar-refractivity contribution in [2.75, 3.05) is 4.90 Å². The third kappa shape index (κ3) is 5.29. The summed E-state index contributed by atoms with van der Waals surface area (Å²) in [6, 6.07) is 78.8. The average Bonchev–Trinajstić information content (AvgIpc) is 3.85. The third-order valence-electron chi connectivity index (χ3n) is 11.9. The van der Waals surface area contributed by atoms with Gasteiger partial charge in [-0.1, -0.05) is 164 Å². The van der Waals surface area contributed by atoms with E-state index < -0.39 is 0 Å². The van der Waals surface area contributed by atoms with Crippen LogP contribution >= 0.6 is 0 Å². The topological polar surface area (TPSA) is 21.3 Å². The standard InChI is InChI=1S/C56H36N2O/c1-2-22-44-37(15-1)33-34-38-16-13-31-53(55(38)44)57(42-20-12-18-40(36-42)45-26-14-27-49-48-25-6-10-32-54(48)59-56(45)49)41-19-11-17-39(35-41)43-21-3-7-28-50(43)58-51-29-8-4-23-46(51)47-24-5-9-30-52(47)58/h1-36H. The second kappa shape index (κ2) is 13.4. The quantitative estimate of drug-likeness (QED) is 0.158. The van der Waals surface area contributed by atoms with Crippen molar-refractivity contribution >= 4 is 82.4 Å². The zero-order valence-corrected chi connectivity index (χ0v) is 32.1. The summed E-state index contributed by atoms with van der Waals surface area (Å²) in [5, 5.41) is 9.60. The van der Waals surface area contributed by atoms with E-state index in [-0.39, 0.29) is 0 Å². The van der Waals surface area contributed by atoms with Crippen LogP contribution < -0.4 is 4.90 Å². The van der Waals surface area contributed by atoms with E-state index in [1.807, 2.05) is 6.07 Å². The van der Waals surface area contributed by atoms with Gasteiger partial charge in [-0.05, 0) is 81.9 Å². The summed E-state index contributed by atoms with van der Waals surface area (Å²) in [5.74, 6) is 0. The molecule has 0 saturated carbocycles. The van der Waals surface area contributed by atoms with Crippen LogP contribution in [0.4, 0.5) is 17.1 Å². The number of anilines is 3. The van der Waals surface area contributed by atoms with E-state index in [9.17, 15) is 0 Å². The van der Waals surface area contributed by atoms with E-state index in [4.69, 9.17) is 4.42 Å². The summed E-state index contributed by atoms with van der Waals surface area (Å²) in [6.07, 6.45) is 0. The van der Waals surface area contributed by atoms with E-state index in [0.717, 1.165) is 66.9 Å². The lowest BCUT2D eigenvalue weighted by molar-refractivity contribution is 0.670. The van der Waals surface area contributed by atoms with E-state index in [0.29, 0.717) is 0 Å². The van der Waals surface area contributed by atoms with Crippen LogP contribution in [0.2, 0.25) is 0 Å². The highest BCUT2D eigenvalue weighted by Gasteiger charge is 2.21. The van der Waals surface area contributed by atoms with Crippen molar-refractivity contribution < 1.29 is 4.42 Å². The van der Waals surface area contributed by atoms with Gasteiger partial charge in [0.15, 0.2) is 0 Å². The molecule has 2 aromatic heterocycles. The molecule has 3 nitrogen and oxygen atoms in total. The predicted octanol–water partition coefficient (Wildman–Crippen LogP) is 15.8. The number of fused-ring (bicyclic) bond motifs is 9. The van der Waals surface area contributed by atoms with Crippen molar-refractivity contribution in [3.8, 4) is 27.9 Å². The maximum atomic E-state index is 6.56. The summed E-state index contributed by atoms with van der Waals surface area (Å²) in [7, 11) is 0. The molecule has 276 valence electrons. The van der Waals surface area contributed by atoms with Gasteiger partial charge in [0.2, 0.25) is 0 Å². The average molecular weight is 753 g/mol. The fourth-order valence-corrected chi connectivity index (χ4v) is 9.35. The van der Waals surface area contributed by atoms with Gasteiger partial charge in [-0.2, -0.15) is 0 Å². The van der Waals surface area contributed by atoms with Crippen molar-refractivity contribution in [2.24, 2.45) is 0 Å². The molecule has 59 heavy (non-hydrogen) atoms. The molecule has 2 heterocycles. The molecule has 12 aromatic rings.